The maximum Gasteiger partial charge on any atom is -0.0321 e. The van der Waals surface area contributed by atoms with Crippen LogP contribution in [0, 0.1) is 59.2 Å². The molecule has 6 fully saturated rings. The molecule has 0 aromatic rings. The van der Waals surface area contributed by atoms with Crippen LogP contribution in [0.4, 0.5) is 0 Å². The van der Waals surface area contributed by atoms with Gasteiger partial charge in [-0.25, -0.2) is 0 Å². The van der Waals surface area contributed by atoms with E-state index in [1.807, 2.05) is 0 Å². The maximum absolute atomic E-state index is 1.68. The van der Waals surface area contributed by atoms with Gasteiger partial charge in [-0.05, 0) is 104 Å². The van der Waals surface area contributed by atoms with Gasteiger partial charge in [0.05, 0.1) is 0 Å². The molecule has 0 amide bonds. The lowest BCUT2D eigenvalue weighted by molar-refractivity contribution is -0.141. The third-order valence-electron chi connectivity index (χ3n) is 11.1. The molecule has 0 saturated heterocycles. The van der Waals surface area contributed by atoms with Crippen molar-refractivity contribution in [2.24, 2.45) is 59.2 Å². The highest BCUT2D eigenvalue weighted by Crippen LogP contribution is 2.65. The van der Waals surface area contributed by atoms with Gasteiger partial charge in [0, 0.05) is 0 Å². The molecule has 0 heterocycles. The first-order valence-electron chi connectivity index (χ1n) is 12.9. The van der Waals surface area contributed by atoms with Crippen LogP contribution in [0.1, 0.15) is 103 Å². The van der Waals surface area contributed by atoms with Crippen LogP contribution >= 0.6 is 0 Å². The second kappa shape index (κ2) is 6.81. The zero-order valence-electron chi connectivity index (χ0n) is 17.1. The summed E-state index contributed by atoms with van der Waals surface area (Å²) in [6.07, 6.45) is 25.7. The third-order valence-corrected chi connectivity index (χ3v) is 11.1. The van der Waals surface area contributed by atoms with E-state index in [4.69, 9.17) is 0 Å². The molecule has 26 heavy (non-hydrogen) atoms. The van der Waals surface area contributed by atoms with E-state index < -0.39 is 0 Å². The van der Waals surface area contributed by atoms with Crippen LogP contribution in [-0.4, -0.2) is 0 Å². The summed E-state index contributed by atoms with van der Waals surface area (Å²) in [4.78, 5) is 0. The highest BCUT2D eigenvalue weighted by atomic mass is 14.6. The van der Waals surface area contributed by atoms with Gasteiger partial charge in [0.25, 0.3) is 0 Å². The van der Waals surface area contributed by atoms with Crippen molar-refractivity contribution in [3.05, 3.63) is 0 Å². The topological polar surface area (TPSA) is 0 Å². The molecule has 0 heteroatoms. The van der Waals surface area contributed by atoms with Gasteiger partial charge in [-0.1, -0.05) is 57.8 Å². The molecule has 146 valence electrons. The summed E-state index contributed by atoms with van der Waals surface area (Å²) < 4.78 is 0. The average molecular weight is 355 g/mol. The molecule has 6 rings (SSSR count). The molecule has 0 aliphatic heterocycles. The first-order valence-corrected chi connectivity index (χ1v) is 12.9. The molecule has 0 N–H and O–H groups in total. The van der Waals surface area contributed by atoms with Crippen molar-refractivity contribution in [2.45, 2.75) is 103 Å². The number of hydrogen-bond acceptors (Lipinski definition) is 0. The Balaban J connectivity index is 1.35. The SMILES string of the molecule is C1CCC2CC3C(CC2C1)C1CCCCC1C1CCC2CCCCC2C13. The van der Waals surface area contributed by atoms with E-state index in [0.717, 1.165) is 35.5 Å². The highest BCUT2D eigenvalue weighted by Gasteiger charge is 2.57. The van der Waals surface area contributed by atoms with E-state index in [1.165, 1.54) is 23.7 Å². The Bertz CT molecular complexity index is 497. The van der Waals surface area contributed by atoms with Crippen LogP contribution in [0.3, 0.4) is 0 Å². The fourth-order valence-corrected chi connectivity index (χ4v) is 10.3. The molecular formula is C26H42. The zero-order chi connectivity index (χ0) is 17.1. The van der Waals surface area contributed by atoms with Crippen LogP contribution in [0.15, 0.2) is 0 Å². The summed E-state index contributed by atoms with van der Waals surface area (Å²) in [6, 6.07) is 0. The molecule has 10 unspecified atom stereocenters. The Labute approximate surface area is 162 Å². The summed E-state index contributed by atoms with van der Waals surface area (Å²) >= 11 is 0. The summed E-state index contributed by atoms with van der Waals surface area (Å²) in [6.45, 7) is 0. The average Bonchev–Trinajstić information content (AvgIpc) is 2.72. The monoisotopic (exact) mass is 354 g/mol. The van der Waals surface area contributed by atoms with Crippen molar-refractivity contribution in [1.29, 1.82) is 0 Å². The van der Waals surface area contributed by atoms with Gasteiger partial charge in [-0.15, -0.1) is 0 Å². The molecule has 6 aliphatic rings. The van der Waals surface area contributed by atoms with E-state index in [2.05, 4.69) is 0 Å². The van der Waals surface area contributed by atoms with E-state index in [9.17, 15) is 0 Å². The molecule has 10 atom stereocenters. The smallest absolute Gasteiger partial charge is 0.0321 e. The van der Waals surface area contributed by atoms with Crippen molar-refractivity contribution in [1.82, 2.24) is 0 Å². The minimum Gasteiger partial charge on any atom is -0.0530 e. The molecule has 0 bridgehead atoms. The number of hydrogen-bond donors (Lipinski definition) is 0. The van der Waals surface area contributed by atoms with Crippen LogP contribution in [0.25, 0.3) is 0 Å². The minimum absolute atomic E-state index is 1.15. The Hall–Kier alpha value is 0. The predicted octanol–water partition coefficient (Wildman–Crippen LogP) is 7.47. The normalized spacial score (nSPS) is 56.3. The fraction of sp³-hybridized carbons (Fsp3) is 1.00. The number of fused-ring (bicyclic) bond motifs is 9. The predicted molar refractivity (Wildman–Crippen MR) is 109 cm³/mol. The van der Waals surface area contributed by atoms with Gasteiger partial charge < -0.3 is 0 Å². The van der Waals surface area contributed by atoms with Crippen LogP contribution < -0.4 is 0 Å². The minimum atomic E-state index is 1.15. The molecule has 6 saturated carbocycles. The van der Waals surface area contributed by atoms with Gasteiger partial charge in [-0.3, -0.25) is 0 Å². The molecule has 0 nitrogen and oxygen atoms in total. The molecule has 6 aliphatic carbocycles. The van der Waals surface area contributed by atoms with Gasteiger partial charge in [0.15, 0.2) is 0 Å². The lowest BCUT2D eigenvalue weighted by atomic mass is 9.42. The van der Waals surface area contributed by atoms with Crippen molar-refractivity contribution in [3.8, 4) is 0 Å². The van der Waals surface area contributed by atoms with Crippen molar-refractivity contribution in [3.63, 3.8) is 0 Å². The van der Waals surface area contributed by atoms with Gasteiger partial charge in [0.2, 0.25) is 0 Å². The summed E-state index contributed by atoms with van der Waals surface area (Å²) in [5.41, 5.74) is 0. The van der Waals surface area contributed by atoms with Crippen molar-refractivity contribution >= 4 is 0 Å². The summed E-state index contributed by atoms with van der Waals surface area (Å²) in [7, 11) is 0. The standard InChI is InChI=1S/C26H42/c1-2-9-19-16-25-24(15-18(19)8-1)22-12-6-5-11-21(22)23-14-13-17-7-3-4-10-20(17)26(23)25/h17-26H,1-16H2. The van der Waals surface area contributed by atoms with E-state index >= 15 is 0 Å². The molecule has 0 radical (unpaired) electrons. The third kappa shape index (κ3) is 2.59. The lowest BCUT2D eigenvalue weighted by Crippen LogP contribution is -2.56. The molecule has 0 aromatic heterocycles. The Morgan fingerprint density at radius 1 is 0.308 bits per heavy atom. The lowest BCUT2D eigenvalue weighted by Gasteiger charge is -2.63. The van der Waals surface area contributed by atoms with Crippen LogP contribution in [-0.2, 0) is 0 Å². The van der Waals surface area contributed by atoms with Crippen molar-refractivity contribution < 1.29 is 0 Å². The van der Waals surface area contributed by atoms with E-state index in [1.54, 1.807) is 103 Å². The zero-order valence-corrected chi connectivity index (χ0v) is 17.1. The summed E-state index contributed by atoms with van der Waals surface area (Å²) in [5, 5.41) is 0. The molecule has 0 aromatic carbocycles. The first-order chi connectivity index (χ1) is 12.9. The Morgan fingerprint density at radius 2 is 0.846 bits per heavy atom. The number of rotatable bonds is 0. The first kappa shape index (κ1) is 16.9. The van der Waals surface area contributed by atoms with Gasteiger partial charge >= 0.3 is 0 Å². The Morgan fingerprint density at radius 3 is 1.58 bits per heavy atom. The second-order valence-corrected chi connectivity index (χ2v) is 11.7. The van der Waals surface area contributed by atoms with E-state index in [-0.39, 0.29) is 0 Å². The highest BCUT2D eigenvalue weighted by molar-refractivity contribution is 5.06. The summed E-state index contributed by atoms with van der Waals surface area (Å²) in [5.74, 6) is 11.6. The fourth-order valence-electron chi connectivity index (χ4n) is 10.3. The molecular weight excluding hydrogens is 312 g/mol. The van der Waals surface area contributed by atoms with Crippen LogP contribution in [0.2, 0.25) is 0 Å². The molecule has 0 spiro atoms. The van der Waals surface area contributed by atoms with Crippen LogP contribution in [0.5, 0.6) is 0 Å². The quantitative estimate of drug-likeness (QED) is 0.423. The maximum atomic E-state index is 1.68. The van der Waals surface area contributed by atoms with Gasteiger partial charge in [0.1, 0.15) is 0 Å². The second-order valence-electron chi connectivity index (χ2n) is 11.7. The van der Waals surface area contributed by atoms with Gasteiger partial charge in [-0.2, -0.15) is 0 Å². The van der Waals surface area contributed by atoms with Crippen molar-refractivity contribution in [2.75, 3.05) is 0 Å². The Kier molecular flexibility index (Phi) is 4.43. The van der Waals surface area contributed by atoms with E-state index in [0.29, 0.717) is 0 Å². The largest absolute Gasteiger partial charge is 0.0530 e.